The third kappa shape index (κ3) is 3.68. The number of nitrogens with zero attached hydrogens (tertiary/aromatic N) is 1. The average molecular weight is 345 g/mol. The van der Waals surface area contributed by atoms with Gasteiger partial charge in [-0.1, -0.05) is 35.9 Å². The molecule has 0 saturated heterocycles. The van der Waals surface area contributed by atoms with Crippen LogP contribution in [0.1, 0.15) is 11.1 Å². The van der Waals surface area contributed by atoms with E-state index in [2.05, 4.69) is 5.32 Å². The van der Waals surface area contributed by atoms with Crippen molar-refractivity contribution in [3.63, 3.8) is 0 Å². The van der Waals surface area contributed by atoms with Crippen LogP contribution in [0, 0.1) is 6.92 Å². The summed E-state index contributed by atoms with van der Waals surface area (Å²) < 4.78 is 5.24. The lowest BCUT2D eigenvalue weighted by atomic mass is 10.1. The molecule has 3 rings (SSSR count). The summed E-state index contributed by atoms with van der Waals surface area (Å²) in [6.07, 6.45) is 0. The quantitative estimate of drug-likeness (QED) is 0.684. The highest BCUT2D eigenvalue weighted by Gasteiger charge is 2.25. The fourth-order valence-corrected chi connectivity index (χ4v) is 2.77. The number of rotatable bonds is 4. The first-order valence-electron chi connectivity index (χ1n) is 7.59. The van der Waals surface area contributed by atoms with Gasteiger partial charge in [-0.05, 0) is 36.2 Å². The van der Waals surface area contributed by atoms with Crippen molar-refractivity contribution >= 4 is 29.2 Å². The third-order valence-electron chi connectivity index (χ3n) is 3.77. The first-order valence-corrected chi connectivity index (χ1v) is 7.97. The zero-order valence-corrected chi connectivity index (χ0v) is 14.0. The van der Waals surface area contributed by atoms with E-state index in [0.717, 1.165) is 16.8 Å². The van der Waals surface area contributed by atoms with Gasteiger partial charge in [0.2, 0.25) is 5.91 Å². The van der Waals surface area contributed by atoms with Crippen molar-refractivity contribution in [1.82, 2.24) is 5.32 Å². The van der Waals surface area contributed by atoms with E-state index >= 15 is 0 Å². The molecule has 5 nitrogen and oxygen atoms in total. The van der Waals surface area contributed by atoms with Gasteiger partial charge in [0.05, 0.1) is 12.2 Å². The molecule has 1 aliphatic heterocycles. The molecule has 1 amide bonds. The van der Waals surface area contributed by atoms with Crippen LogP contribution in [-0.2, 0) is 16.1 Å². The number of ether oxygens (including phenoxy) is 1. The summed E-state index contributed by atoms with van der Waals surface area (Å²) in [4.78, 5) is 25.7. The Hall–Kier alpha value is -2.53. The van der Waals surface area contributed by atoms with Crippen LogP contribution >= 0.6 is 11.6 Å². The Kier molecular flexibility index (Phi) is 4.71. The Morgan fingerprint density at radius 1 is 1.29 bits per heavy atom. The van der Waals surface area contributed by atoms with Crippen molar-refractivity contribution < 1.29 is 14.3 Å². The third-order valence-corrected chi connectivity index (χ3v) is 4.14. The molecule has 24 heavy (non-hydrogen) atoms. The van der Waals surface area contributed by atoms with Crippen molar-refractivity contribution in [2.75, 3.05) is 18.0 Å². The van der Waals surface area contributed by atoms with Crippen molar-refractivity contribution in [1.29, 1.82) is 0 Å². The summed E-state index contributed by atoms with van der Waals surface area (Å²) in [6.45, 7) is 2.39. The Morgan fingerprint density at radius 3 is 2.88 bits per heavy atom. The fourth-order valence-electron chi connectivity index (χ4n) is 2.57. The van der Waals surface area contributed by atoms with Gasteiger partial charge >= 0.3 is 5.97 Å². The normalized spacial score (nSPS) is 13.2. The Morgan fingerprint density at radius 2 is 2.08 bits per heavy atom. The summed E-state index contributed by atoms with van der Waals surface area (Å²) in [5.74, 6) is -0.0618. The van der Waals surface area contributed by atoms with Crippen molar-refractivity contribution in [2.24, 2.45) is 0 Å². The minimum absolute atomic E-state index is 0.0512. The summed E-state index contributed by atoms with van der Waals surface area (Å²) in [7, 11) is 0. The van der Waals surface area contributed by atoms with Crippen LogP contribution < -0.4 is 15.0 Å². The van der Waals surface area contributed by atoms with E-state index in [0.29, 0.717) is 17.3 Å². The largest absolute Gasteiger partial charge is 0.423 e. The molecule has 6 heteroatoms. The van der Waals surface area contributed by atoms with E-state index in [-0.39, 0.29) is 25.0 Å². The lowest BCUT2D eigenvalue weighted by Gasteiger charge is -2.29. The maximum absolute atomic E-state index is 12.2. The van der Waals surface area contributed by atoms with Gasteiger partial charge in [-0.2, -0.15) is 0 Å². The Bertz CT molecular complexity index is 792. The summed E-state index contributed by atoms with van der Waals surface area (Å²) in [6, 6.07) is 12.9. The molecule has 2 aromatic carbocycles. The number of nitrogens with one attached hydrogen (secondary N) is 1. The van der Waals surface area contributed by atoms with Gasteiger partial charge in [0.1, 0.15) is 6.54 Å². The first kappa shape index (κ1) is 16.3. The molecule has 0 unspecified atom stereocenters. The van der Waals surface area contributed by atoms with E-state index in [1.54, 1.807) is 17.0 Å². The monoisotopic (exact) mass is 344 g/mol. The highest BCUT2D eigenvalue weighted by molar-refractivity contribution is 6.31. The first-order chi connectivity index (χ1) is 11.5. The van der Waals surface area contributed by atoms with Crippen LogP contribution in [0.2, 0.25) is 5.02 Å². The minimum Gasteiger partial charge on any atom is -0.423 e. The van der Waals surface area contributed by atoms with Gasteiger partial charge in [-0.3, -0.25) is 4.79 Å². The van der Waals surface area contributed by atoms with Crippen LogP contribution in [0.4, 0.5) is 5.69 Å². The molecule has 0 atom stereocenters. The molecule has 0 aromatic heterocycles. The maximum Gasteiger partial charge on any atom is 0.331 e. The summed E-state index contributed by atoms with van der Waals surface area (Å²) in [5, 5.41) is 3.44. The standard InChI is InChI=1S/C18H17ClN2O3/c1-12-6-7-15-16(8-12)24-18(23)11-21(15)10-17(22)20-9-13-4-2-3-5-14(13)19/h2-8H,9-11H2,1H3,(H,20,22). The highest BCUT2D eigenvalue weighted by atomic mass is 35.5. The molecule has 0 spiro atoms. The number of anilines is 1. The molecule has 1 N–H and O–H groups in total. The van der Waals surface area contributed by atoms with E-state index < -0.39 is 0 Å². The van der Waals surface area contributed by atoms with Gasteiger partial charge in [-0.25, -0.2) is 4.79 Å². The molecule has 0 aliphatic carbocycles. The van der Waals surface area contributed by atoms with Crippen LogP contribution in [-0.4, -0.2) is 25.0 Å². The topological polar surface area (TPSA) is 58.6 Å². The molecule has 0 saturated carbocycles. The zero-order chi connectivity index (χ0) is 17.1. The highest BCUT2D eigenvalue weighted by Crippen LogP contribution is 2.32. The number of halogens is 1. The molecule has 124 valence electrons. The number of aryl methyl sites for hydroxylation is 1. The van der Waals surface area contributed by atoms with Crippen molar-refractivity contribution in [2.45, 2.75) is 13.5 Å². The van der Waals surface area contributed by atoms with Crippen LogP contribution in [0.3, 0.4) is 0 Å². The van der Waals surface area contributed by atoms with Gasteiger partial charge in [0.25, 0.3) is 0 Å². The molecule has 0 fully saturated rings. The van der Waals surface area contributed by atoms with E-state index in [4.69, 9.17) is 16.3 Å². The van der Waals surface area contributed by atoms with Gasteiger partial charge < -0.3 is 15.0 Å². The number of hydrogen-bond donors (Lipinski definition) is 1. The van der Waals surface area contributed by atoms with Crippen molar-refractivity contribution in [3.8, 4) is 5.75 Å². The molecule has 1 aliphatic rings. The summed E-state index contributed by atoms with van der Waals surface area (Å²) in [5.41, 5.74) is 2.58. The molecule has 2 aromatic rings. The predicted molar refractivity (Wildman–Crippen MR) is 92.3 cm³/mol. The Balaban J connectivity index is 1.67. The second kappa shape index (κ2) is 6.93. The van der Waals surface area contributed by atoms with Crippen LogP contribution in [0.5, 0.6) is 5.75 Å². The smallest absolute Gasteiger partial charge is 0.331 e. The minimum atomic E-state index is -0.369. The number of fused-ring (bicyclic) bond motifs is 1. The number of carbonyl (C=O) groups is 2. The number of benzene rings is 2. The SMILES string of the molecule is Cc1ccc2c(c1)OC(=O)CN2CC(=O)NCc1ccccc1Cl. The fraction of sp³-hybridized carbons (Fsp3) is 0.222. The van der Waals surface area contributed by atoms with E-state index in [9.17, 15) is 9.59 Å². The summed E-state index contributed by atoms with van der Waals surface area (Å²) >= 11 is 6.08. The Labute approximate surface area is 145 Å². The second-order valence-electron chi connectivity index (χ2n) is 5.67. The molecule has 0 bridgehead atoms. The number of esters is 1. The van der Waals surface area contributed by atoms with E-state index in [1.807, 2.05) is 37.3 Å². The molecular formula is C18H17ClN2O3. The maximum atomic E-state index is 12.2. The van der Waals surface area contributed by atoms with Gasteiger partial charge in [-0.15, -0.1) is 0 Å². The average Bonchev–Trinajstić information content (AvgIpc) is 2.53. The lowest BCUT2D eigenvalue weighted by molar-refractivity contribution is -0.133. The predicted octanol–water partition coefficient (Wildman–Crippen LogP) is 2.69. The number of carbonyl (C=O) groups excluding carboxylic acids is 2. The van der Waals surface area contributed by atoms with Crippen LogP contribution in [0.15, 0.2) is 42.5 Å². The van der Waals surface area contributed by atoms with Crippen LogP contribution in [0.25, 0.3) is 0 Å². The number of hydrogen-bond acceptors (Lipinski definition) is 4. The molecular weight excluding hydrogens is 328 g/mol. The number of amides is 1. The van der Waals surface area contributed by atoms with Gasteiger partial charge in [0.15, 0.2) is 5.75 Å². The second-order valence-corrected chi connectivity index (χ2v) is 6.08. The van der Waals surface area contributed by atoms with Gasteiger partial charge in [0, 0.05) is 11.6 Å². The lowest BCUT2D eigenvalue weighted by Crippen LogP contribution is -2.43. The molecule has 0 radical (unpaired) electrons. The van der Waals surface area contributed by atoms with Crippen molar-refractivity contribution in [3.05, 3.63) is 58.6 Å². The zero-order valence-electron chi connectivity index (χ0n) is 13.2. The molecule has 1 heterocycles. The van der Waals surface area contributed by atoms with E-state index in [1.165, 1.54) is 0 Å².